The lowest BCUT2D eigenvalue weighted by atomic mass is 10.0. The number of aryl methyl sites for hydroxylation is 1. The molecule has 0 saturated carbocycles. The predicted molar refractivity (Wildman–Crippen MR) is 65.0 cm³/mol. The standard InChI is InChI=1S/C12H19N3O2/c1-8-5-4-6-15(7-8)12(16)13-11-9(2)10(3)14-17-11/h8H,4-7H2,1-3H3,(H,13,16). The Kier molecular flexibility index (Phi) is 3.36. The van der Waals surface area contributed by atoms with Gasteiger partial charge in [0.1, 0.15) is 0 Å². The monoisotopic (exact) mass is 237 g/mol. The van der Waals surface area contributed by atoms with Crippen LogP contribution in [0.4, 0.5) is 10.7 Å². The maximum atomic E-state index is 12.0. The van der Waals surface area contributed by atoms with E-state index < -0.39 is 0 Å². The molecule has 2 rings (SSSR count). The first-order valence-electron chi connectivity index (χ1n) is 6.06. The van der Waals surface area contributed by atoms with Gasteiger partial charge in [0.05, 0.1) is 5.69 Å². The number of anilines is 1. The molecule has 1 aromatic heterocycles. The van der Waals surface area contributed by atoms with E-state index in [9.17, 15) is 4.79 Å². The summed E-state index contributed by atoms with van der Waals surface area (Å²) in [6.45, 7) is 7.56. The Morgan fingerprint density at radius 3 is 2.88 bits per heavy atom. The minimum Gasteiger partial charge on any atom is -0.338 e. The molecular weight excluding hydrogens is 218 g/mol. The van der Waals surface area contributed by atoms with Crippen LogP contribution in [0, 0.1) is 19.8 Å². The predicted octanol–water partition coefficient (Wildman–Crippen LogP) is 2.56. The molecule has 0 aromatic carbocycles. The van der Waals surface area contributed by atoms with E-state index in [2.05, 4.69) is 17.4 Å². The quantitative estimate of drug-likeness (QED) is 0.816. The number of rotatable bonds is 1. The highest BCUT2D eigenvalue weighted by Crippen LogP contribution is 2.20. The average molecular weight is 237 g/mol. The number of urea groups is 1. The number of hydrogen-bond acceptors (Lipinski definition) is 3. The molecule has 1 unspecified atom stereocenters. The highest BCUT2D eigenvalue weighted by atomic mass is 16.5. The topological polar surface area (TPSA) is 58.4 Å². The summed E-state index contributed by atoms with van der Waals surface area (Å²) in [5.74, 6) is 1.04. The van der Waals surface area contributed by atoms with E-state index >= 15 is 0 Å². The summed E-state index contributed by atoms with van der Waals surface area (Å²) in [5.41, 5.74) is 1.70. The summed E-state index contributed by atoms with van der Waals surface area (Å²) < 4.78 is 5.07. The van der Waals surface area contributed by atoms with Gasteiger partial charge in [-0.1, -0.05) is 12.1 Å². The Balaban J connectivity index is 1.99. The van der Waals surface area contributed by atoms with Gasteiger partial charge in [-0.05, 0) is 32.6 Å². The maximum absolute atomic E-state index is 12.0. The Labute approximate surface area is 101 Å². The number of nitrogens with one attached hydrogen (secondary N) is 1. The maximum Gasteiger partial charge on any atom is 0.324 e. The van der Waals surface area contributed by atoms with Gasteiger partial charge in [-0.2, -0.15) is 0 Å². The third kappa shape index (κ3) is 2.60. The Bertz CT molecular complexity index is 414. The first kappa shape index (κ1) is 12.0. The lowest BCUT2D eigenvalue weighted by Gasteiger charge is -2.30. The summed E-state index contributed by atoms with van der Waals surface area (Å²) >= 11 is 0. The largest absolute Gasteiger partial charge is 0.338 e. The van der Waals surface area contributed by atoms with E-state index in [1.54, 1.807) is 0 Å². The van der Waals surface area contributed by atoms with Crippen LogP contribution >= 0.6 is 0 Å². The van der Waals surface area contributed by atoms with E-state index in [-0.39, 0.29) is 6.03 Å². The van der Waals surface area contributed by atoms with Crippen molar-refractivity contribution in [2.45, 2.75) is 33.6 Å². The normalized spacial score (nSPS) is 20.4. The average Bonchev–Trinajstić information content (AvgIpc) is 2.61. The molecular formula is C12H19N3O2. The van der Waals surface area contributed by atoms with Crippen LogP contribution in [0.3, 0.4) is 0 Å². The summed E-state index contributed by atoms with van der Waals surface area (Å²) in [7, 11) is 0. The molecule has 1 atom stereocenters. The van der Waals surface area contributed by atoms with E-state index in [0.717, 1.165) is 30.8 Å². The van der Waals surface area contributed by atoms with Crippen molar-refractivity contribution in [1.29, 1.82) is 0 Å². The fourth-order valence-electron chi connectivity index (χ4n) is 2.08. The van der Waals surface area contributed by atoms with Gasteiger partial charge in [-0.3, -0.25) is 5.32 Å². The molecule has 0 spiro atoms. The number of hydrogen-bond donors (Lipinski definition) is 1. The molecule has 0 radical (unpaired) electrons. The summed E-state index contributed by atoms with van der Waals surface area (Å²) in [4.78, 5) is 13.8. The van der Waals surface area contributed by atoms with Gasteiger partial charge < -0.3 is 9.42 Å². The second-order valence-corrected chi connectivity index (χ2v) is 4.85. The molecule has 5 heteroatoms. The molecule has 0 aliphatic carbocycles. The van der Waals surface area contributed by atoms with Crippen LogP contribution in [-0.2, 0) is 0 Å². The van der Waals surface area contributed by atoms with E-state index in [1.807, 2.05) is 18.7 Å². The third-order valence-electron chi connectivity index (χ3n) is 3.32. The van der Waals surface area contributed by atoms with Crippen LogP contribution in [0.15, 0.2) is 4.52 Å². The number of carbonyl (C=O) groups excluding carboxylic acids is 1. The van der Waals surface area contributed by atoms with Crippen molar-refractivity contribution in [1.82, 2.24) is 10.1 Å². The molecule has 5 nitrogen and oxygen atoms in total. The minimum atomic E-state index is -0.0872. The molecule has 1 fully saturated rings. The molecule has 1 N–H and O–H groups in total. The summed E-state index contributed by atoms with van der Waals surface area (Å²) in [5, 5.41) is 6.60. The Hall–Kier alpha value is -1.52. The number of aromatic nitrogens is 1. The molecule has 2 heterocycles. The fraction of sp³-hybridized carbons (Fsp3) is 0.667. The van der Waals surface area contributed by atoms with Crippen LogP contribution in [0.5, 0.6) is 0 Å². The molecule has 1 aliphatic rings. The number of piperidine rings is 1. The van der Waals surface area contributed by atoms with Crippen molar-refractivity contribution in [2.75, 3.05) is 18.4 Å². The first-order valence-corrected chi connectivity index (χ1v) is 6.06. The second-order valence-electron chi connectivity index (χ2n) is 4.85. The number of amides is 2. The Morgan fingerprint density at radius 1 is 1.53 bits per heavy atom. The van der Waals surface area contributed by atoms with Crippen molar-refractivity contribution in [3.63, 3.8) is 0 Å². The lowest BCUT2D eigenvalue weighted by Crippen LogP contribution is -2.41. The van der Waals surface area contributed by atoms with E-state index in [0.29, 0.717) is 11.8 Å². The third-order valence-corrected chi connectivity index (χ3v) is 3.32. The molecule has 2 amide bonds. The van der Waals surface area contributed by atoms with Crippen molar-refractivity contribution in [3.8, 4) is 0 Å². The van der Waals surface area contributed by atoms with Crippen molar-refractivity contribution < 1.29 is 9.32 Å². The van der Waals surface area contributed by atoms with Gasteiger partial charge in [0.25, 0.3) is 0 Å². The van der Waals surface area contributed by atoms with Crippen LogP contribution in [0.25, 0.3) is 0 Å². The zero-order valence-electron chi connectivity index (χ0n) is 10.6. The van der Waals surface area contributed by atoms with Crippen molar-refractivity contribution >= 4 is 11.9 Å². The SMILES string of the molecule is Cc1noc(NC(=O)N2CCCC(C)C2)c1C. The first-order chi connectivity index (χ1) is 8.08. The lowest BCUT2D eigenvalue weighted by molar-refractivity contribution is 0.181. The van der Waals surface area contributed by atoms with Gasteiger partial charge in [0, 0.05) is 18.7 Å². The number of nitrogens with zero attached hydrogens (tertiary/aromatic N) is 2. The molecule has 1 saturated heterocycles. The van der Waals surface area contributed by atoms with Gasteiger partial charge >= 0.3 is 6.03 Å². The second kappa shape index (κ2) is 4.77. The van der Waals surface area contributed by atoms with Crippen LogP contribution in [0.1, 0.15) is 31.0 Å². The molecule has 94 valence electrons. The zero-order valence-corrected chi connectivity index (χ0v) is 10.6. The van der Waals surface area contributed by atoms with Crippen LogP contribution in [-0.4, -0.2) is 29.2 Å². The summed E-state index contributed by atoms with van der Waals surface area (Å²) in [6, 6.07) is -0.0872. The van der Waals surface area contributed by atoms with E-state index in [4.69, 9.17) is 4.52 Å². The number of carbonyl (C=O) groups is 1. The molecule has 1 aromatic rings. The molecule has 17 heavy (non-hydrogen) atoms. The van der Waals surface area contributed by atoms with E-state index in [1.165, 1.54) is 6.42 Å². The molecule has 1 aliphatic heterocycles. The van der Waals surface area contributed by atoms with Gasteiger partial charge in [-0.25, -0.2) is 4.79 Å². The highest BCUT2D eigenvalue weighted by molar-refractivity contribution is 5.88. The zero-order chi connectivity index (χ0) is 12.4. The minimum absolute atomic E-state index is 0.0872. The van der Waals surface area contributed by atoms with Crippen molar-refractivity contribution in [3.05, 3.63) is 11.3 Å². The highest BCUT2D eigenvalue weighted by Gasteiger charge is 2.22. The van der Waals surface area contributed by atoms with Gasteiger partial charge in [0.2, 0.25) is 5.88 Å². The number of likely N-dealkylation sites (tertiary alicyclic amines) is 1. The van der Waals surface area contributed by atoms with Gasteiger partial charge in [0.15, 0.2) is 0 Å². The van der Waals surface area contributed by atoms with Crippen molar-refractivity contribution in [2.24, 2.45) is 5.92 Å². The summed E-state index contributed by atoms with van der Waals surface area (Å²) in [6.07, 6.45) is 2.27. The smallest absolute Gasteiger partial charge is 0.324 e. The van der Waals surface area contributed by atoms with Gasteiger partial charge in [-0.15, -0.1) is 0 Å². The Morgan fingerprint density at radius 2 is 2.29 bits per heavy atom. The van der Waals surface area contributed by atoms with Crippen LogP contribution < -0.4 is 5.32 Å². The fourth-order valence-corrected chi connectivity index (χ4v) is 2.08. The van der Waals surface area contributed by atoms with Crippen LogP contribution in [0.2, 0.25) is 0 Å². The molecule has 0 bridgehead atoms.